The van der Waals surface area contributed by atoms with E-state index in [0.29, 0.717) is 13.8 Å². The molecular formula is C10H16F6O7. The average molecular weight is 362 g/mol. The van der Waals surface area contributed by atoms with Gasteiger partial charge in [-0.05, 0) is 13.8 Å². The zero-order chi connectivity index (χ0) is 19.5. The molecule has 0 unspecified atom stereocenters. The van der Waals surface area contributed by atoms with E-state index in [1.807, 2.05) is 0 Å². The summed E-state index contributed by atoms with van der Waals surface area (Å²) in [5, 5.41) is 50.3. The van der Waals surface area contributed by atoms with Crippen LogP contribution in [0, 0.1) is 0 Å². The predicted molar refractivity (Wildman–Crippen MR) is 59.2 cm³/mol. The van der Waals surface area contributed by atoms with Crippen LogP contribution in [0.1, 0.15) is 26.7 Å². The van der Waals surface area contributed by atoms with Crippen LogP contribution in [0.25, 0.3) is 0 Å². The fraction of sp³-hybridized carbons (Fsp3) is 0.900. The second-order valence-corrected chi connectivity index (χ2v) is 5.02. The lowest BCUT2D eigenvalue weighted by atomic mass is 10.1. The summed E-state index contributed by atoms with van der Waals surface area (Å²) in [5.41, 5.74) is 0. The van der Waals surface area contributed by atoms with Crippen molar-refractivity contribution in [3.63, 3.8) is 0 Å². The molecule has 0 aromatic carbocycles. The van der Waals surface area contributed by atoms with Gasteiger partial charge in [-0.25, -0.2) is 0 Å². The van der Waals surface area contributed by atoms with Crippen LogP contribution >= 0.6 is 0 Å². The van der Waals surface area contributed by atoms with Gasteiger partial charge in [0, 0.05) is 0 Å². The van der Waals surface area contributed by atoms with E-state index in [1.54, 1.807) is 0 Å². The van der Waals surface area contributed by atoms with Crippen molar-refractivity contribution in [3.8, 4) is 0 Å². The summed E-state index contributed by atoms with van der Waals surface area (Å²) in [6.45, 7) is 1.32. The summed E-state index contributed by atoms with van der Waals surface area (Å²) < 4.78 is 69.1. The highest BCUT2D eigenvalue weighted by molar-refractivity contribution is 5.84. The van der Waals surface area contributed by atoms with Gasteiger partial charge in [0.05, 0.1) is 12.8 Å². The molecule has 0 saturated carbocycles. The quantitative estimate of drug-likeness (QED) is 0.294. The molecule has 0 saturated heterocycles. The third kappa shape index (κ3) is 12.1. The highest BCUT2D eigenvalue weighted by Crippen LogP contribution is 2.33. The molecule has 0 amide bonds. The SMILES string of the molecule is CC(O)(O)CC(=O)C(F)(F)F.CC(O)(O)CC(O)(O)C(F)(F)F. The van der Waals surface area contributed by atoms with E-state index in [9.17, 15) is 31.1 Å². The molecule has 13 heteroatoms. The molecular weight excluding hydrogens is 346 g/mol. The number of hydrogen-bond donors (Lipinski definition) is 6. The molecule has 140 valence electrons. The smallest absolute Gasteiger partial charge is 0.366 e. The summed E-state index contributed by atoms with van der Waals surface area (Å²) in [5.74, 6) is -11.6. The van der Waals surface area contributed by atoms with E-state index >= 15 is 0 Å². The van der Waals surface area contributed by atoms with Crippen LogP contribution in [-0.2, 0) is 4.79 Å². The summed E-state index contributed by atoms with van der Waals surface area (Å²) in [6, 6.07) is 0. The zero-order valence-electron chi connectivity index (χ0n) is 11.8. The van der Waals surface area contributed by atoms with Gasteiger partial charge in [0.15, 0.2) is 11.6 Å². The molecule has 23 heavy (non-hydrogen) atoms. The molecule has 0 aliphatic carbocycles. The number of halogens is 6. The zero-order valence-corrected chi connectivity index (χ0v) is 11.8. The molecule has 0 aliphatic rings. The Labute approximate surface area is 125 Å². The van der Waals surface area contributed by atoms with Gasteiger partial charge in [-0.15, -0.1) is 0 Å². The van der Waals surface area contributed by atoms with Crippen LogP contribution in [0.4, 0.5) is 26.3 Å². The number of carbonyl (C=O) groups excluding carboxylic acids is 1. The number of alkyl halides is 6. The summed E-state index contributed by atoms with van der Waals surface area (Å²) in [4.78, 5) is 10.0. The predicted octanol–water partition coefficient (Wildman–Crippen LogP) is -0.471. The lowest BCUT2D eigenvalue weighted by Crippen LogP contribution is -2.50. The Morgan fingerprint density at radius 2 is 1.13 bits per heavy atom. The van der Waals surface area contributed by atoms with E-state index in [4.69, 9.17) is 30.6 Å². The first kappa shape index (κ1) is 24.3. The minimum absolute atomic E-state index is 0.611. The molecule has 6 N–H and O–H groups in total. The normalized spacial score (nSPS) is 14.2. The highest BCUT2D eigenvalue weighted by Gasteiger charge is 2.55. The lowest BCUT2D eigenvalue weighted by molar-refractivity contribution is -0.373. The molecule has 0 aromatic heterocycles. The van der Waals surface area contributed by atoms with Gasteiger partial charge in [-0.2, -0.15) is 26.3 Å². The summed E-state index contributed by atoms with van der Waals surface area (Å²) in [7, 11) is 0. The molecule has 0 aromatic rings. The monoisotopic (exact) mass is 362 g/mol. The van der Waals surface area contributed by atoms with Gasteiger partial charge >= 0.3 is 12.4 Å². The first-order valence-electron chi connectivity index (χ1n) is 5.59. The van der Waals surface area contributed by atoms with E-state index in [-0.39, 0.29) is 0 Å². The van der Waals surface area contributed by atoms with Crippen molar-refractivity contribution in [2.24, 2.45) is 0 Å². The van der Waals surface area contributed by atoms with Gasteiger partial charge in [-0.1, -0.05) is 0 Å². The Hall–Kier alpha value is -0.990. The number of ketones is 1. The molecule has 0 atom stereocenters. The van der Waals surface area contributed by atoms with E-state index in [2.05, 4.69) is 0 Å². The highest BCUT2D eigenvalue weighted by atomic mass is 19.4. The van der Waals surface area contributed by atoms with Crippen LogP contribution in [0.3, 0.4) is 0 Å². The molecule has 0 radical (unpaired) electrons. The van der Waals surface area contributed by atoms with E-state index < -0.39 is 48.3 Å². The Kier molecular flexibility index (Phi) is 7.67. The standard InChI is InChI=1S/C5H9F3O4.C5H7F3O3/c1-3(9,10)2-4(11,12)5(6,7)8;1-4(10,11)2-3(9)5(6,7)8/h9-12H,2H2,1H3;10-11H,2H2,1H3. The molecule has 0 spiro atoms. The second kappa shape index (κ2) is 7.27. The van der Waals surface area contributed by atoms with Crippen LogP contribution in [-0.4, -0.2) is 66.1 Å². The first-order valence-corrected chi connectivity index (χ1v) is 5.59. The molecule has 7 nitrogen and oxygen atoms in total. The second-order valence-electron chi connectivity index (χ2n) is 5.02. The third-order valence-corrected chi connectivity index (χ3v) is 1.85. The Balaban J connectivity index is 0. The Morgan fingerprint density at radius 1 is 0.783 bits per heavy atom. The maximum atomic E-state index is 11.6. The van der Waals surface area contributed by atoms with Gasteiger partial charge < -0.3 is 30.6 Å². The number of hydrogen-bond acceptors (Lipinski definition) is 7. The summed E-state index contributed by atoms with van der Waals surface area (Å²) >= 11 is 0. The topological polar surface area (TPSA) is 138 Å². The molecule has 0 rings (SSSR count). The van der Waals surface area contributed by atoms with Crippen molar-refractivity contribution in [2.45, 2.75) is 56.4 Å². The number of aliphatic hydroxyl groups is 6. The van der Waals surface area contributed by atoms with E-state index in [0.717, 1.165) is 0 Å². The van der Waals surface area contributed by atoms with Crippen LogP contribution in [0.15, 0.2) is 0 Å². The van der Waals surface area contributed by atoms with Crippen molar-refractivity contribution < 1.29 is 61.8 Å². The third-order valence-electron chi connectivity index (χ3n) is 1.85. The fourth-order valence-electron chi connectivity index (χ4n) is 0.972. The number of rotatable bonds is 4. The molecule has 0 heterocycles. The van der Waals surface area contributed by atoms with E-state index in [1.165, 1.54) is 0 Å². The van der Waals surface area contributed by atoms with Crippen LogP contribution in [0.5, 0.6) is 0 Å². The van der Waals surface area contributed by atoms with Gasteiger partial charge in [0.2, 0.25) is 5.78 Å². The van der Waals surface area contributed by atoms with Gasteiger partial charge in [0.1, 0.15) is 0 Å². The number of carbonyl (C=O) groups is 1. The minimum atomic E-state index is -5.31. The van der Waals surface area contributed by atoms with Crippen molar-refractivity contribution >= 4 is 5.78 Å². The van der Waals surface area contributed by atoms with Gasteiger partial charge in [0.25, 0.3) is 5.79 Å². The summed E-state index contributed by atoms with van der Waals surface area (Å²) in [6.07, 6.45) is -13.3. The average Bonchev–Trinajstić information content (AvgIpc) is 2.07. The maximum Gasteiger partial charge on any atom is 0.450 e. The molecule has 0 fully saturated rings. The van der Waals surface area contributed by atoms with Crippen LogP contribution < -0.4 is 0 Å². The maximum absolute atomic E-state index is 11.6. The lowest BCUT2D eigenvalue weighted by Gasteiger charge is -2.29. The van der Waals surface area contributed by atoms with Crippen molar-refractivity contribution in [2.75, 3.05) is 0 Å². The Morgan fingerprint density at radius 3 is 1.22 bits per heavy atom. The van der Waals surface area contributed by atoms with Crippen molar-refractivity contribution in [1.29, 1.82) is 0 Å². The largest absolute Gasteiger partial charge is 0.450 e. The molecule has 0 bridgehead atoms. The van der Waals surface area contributed by atoms with Crippen molar-refractivity contribution in [1.82, 2.24) is 0 Å². The molecule has 0 aliphatic heterocycles. The Bertz CT molecular complexity index is 388. The number of Topliss-reactive ketones (excluding diaryl/α,β-unsaturated/α-hetero) is 1. The van der Waals surface area contributed by atoms with Gasteiger partial charge in [-0.3, -0.25) is 4.79 Å². The minimum Gasteiger partial charge on any atom is -0.366 e. The van der Waals surface area contributed by atoms with Crippen LogP contribution in [0.2, 0.25) is 0 Å². The first-order chi connectivity index (χ1) is 9.58. The van der Waals surface area contributed by atoms with Crippen molar-refractivity contribution in [3.05, 3.63) is 0 Å². The fourth-order valence-corrected chi connectivity index (χ4v) is 0.972.